The van der Waals surface area contributed by atoms with Crippen LogP contribution in [-0.4, -0.2) is 40.8 Å². The molecule has 23 heavy (non-hydrogen) atoms. The second kappa shape index (κ2) is 5.67. The molecule has 2 unspecified atom stereocenters. The average molecular weight is 322 g/mol. The van der Waals surface area contributed by atoms with Crippen molar-refractivity contribution in [2.45, 2.75) is 39.0 Å². The largest absolute Gasteiger partial charge is 0.508 e. The van der Waals surface area contributed by atoms with Crippen LogP contribution >= 0.6 is 0 Å². The highest BCUT2D eigenvalue weighted by molar-refractivity contribution is 5.69. The number of piperidine rings is 1. The Labute approximate surface area is 135 Å². The van der Waals surface area contributed by atoms with Gasteiger partial charge in [0, 0.05) is 31.2 Å². The molecule has 1 heterocycles. The summed E-state index contributed by atoms with van der Waals surface area (Å²) >= 11 is 0. The maximum Gasteiger partial charge on any atom is 0.410 e. The summed E-state index contributed by atoms with van der Waals surface area (Å²) in [5.41, 5.74) is 0.0788. The molecule has 5 nitrogen and oxygen atoms in total. The molecule has 2 N–H and O–H groups in total. The van der Waals surface area contributed by atoms with Crippen molar-refractivity contribution < 1.29 is 19.0 Å². The monoisotopic (exact) mass is 322 g/mol. The summed E-state index contributed by atoms with van der Waals surface area (Å²) in [6.45, 7) is 7.37. The van der Waals surface area contributed by atoms with Gasteiger partial charge in [-0.05, 0) is 50.8 Å². The Kier molecular flexibility index (Phi) is 3.96. The third-order valence-electron chi connectivity index (χ3n) is 4.42. The number of nitrogens with one attached hydrogen (secondary N) is 1. The Bertz CT molecular complexity index is 602. The zero-order valence-electron chi connectivity index (χ0n) is 13.7. The second-order valence-electron chi connectivity index (χ2n) is 7.39. The zero-order chi connectivity index (χ0) is 16.8. The molecule has 3 rings (SSSR count). The van der Waals surface area contributed by atoms with Crippen LogP contribution < -0.4 is 5.32 Å². The number of benzene rings is 1. The van der Waals surface area contributed by atoms with Crippen LogP contribution in [0.2, 0.25) is 0 Å². The van der Waals surface area contributed by atoms with Gasteiger partial charge in [-0.3, -0.25) is 0 Å². The van der Waals surface area contributed by atoms with Crippen molar-refractivity contribution in [3.8, 4) is 5.75 Å². The average Bonchev–Trinajstić information content (AvgIpc) is 2.89. The Balaban J connectivity index is 1.47. The summed E-state index contributed by atoms with van der Waals surface area (Å²) in [6.07, 6.45) is -0.258. The fourth-order valence-electron chi connectivity index (χ4n) is 3.23. The number of fused-ring (bicyclic) bond motifs is 1. The fourth-order valence-corrected chi connectivity index (χ4v) is 3.23. The predicted molar refractivity (Wildman–Crippen MR) is 83.5 cm³/mol. The quantitative estimate of drug-likeness (QED) is 0.897. The molecule has 1 aliphatic carbocycles. The molecule has 0 aromatic heterocycles. The predicted octanol–water partition coefficient (Wildman–Crippen LogP) is 2.49. The molecule has 0 bridgehead atoms. The van der Waals surface area contributed by atoms with E-state index in [0.717, 1.165) is 0 Å². The molecule has 126 valence electrons. The molecule has 2 aliphatic rings. The lowest BCUT2D eigenvalue weighted by atomic mass is 10.2. The molecule has 1 aliphatic heterocycles. The number of amides is 1. The number of likely N-dealkylation sites (tertiary alicyclic amines) is 1. The van der Waals surface area contributed by atoms with Crippen LogP contribution in [0.5, 0.6) is 5.75 Å². The molecule has 1 saturated carbocycles. The lowest BCUT2D eigenvalue weighted by Gasteiger charge is -2.26. The summed E-state index contributed by atoms with van der Waals surface area (Å²) in [4.78, 5) is 13.8. The van der Waals surface area contributed by atoms with Gasteiger partial charge in [-0.25, -0.2) is 9.18 Å². The highest BCUT2D eigenvalue weighted by Gasteiger charge is 2.56. The van der Waals surface area contributed by atoms with Crippen molar-refractivity contribution in [3.63, 3.8) is 0 Å². The van der Waals surface area contributed by atoms with Crippen LogP contribution in [-0.2, 0) is 11.3 Å². The summed E-state index contributed by atoms with van der Waals surface area (Å²) in [5.74, 6) is 0.572. The first kappa shape index (κ1) is 16.1. The molecule has 2 atom stereocenters. The van der Waals surface area contributed by atoms with Crippen molar-refractivity contribution in [2.75, 3.05) is 13.1 Å². The number of carbonyl (C=O) groups is 1. The minimum atomic E-state index is -0.476. The van der Waals surface area contributed by atoms with Gasteiger partial charge in [0.1, 0.15) is 17.2 Å². The van der Waals surface area contributed by atoms with Crippen LogP contribution in [0.15, 0.2) is 18.2 Å². The van der Waals surface area contributed by atoms with Crippen LogP contribution in [0.1, 0.15) is 26.3 Å². The molecule has 2 fully saturated rings. The van der Waals surface area contributed by atoms with Crippen molar-refractivity contribution in [1.29, 1.82) is 0 Å². The molecule has 1 saturated heterocycles. The SMILES string of the molecule is CC(C)(C)OC(=O)N1CC2C(C1)C2NCc1cc(F)ccc1O. The number of nitrogens with zero attached hydrogens (tertiary/aromatic N) is 1. The number of phenols is 1. The lowest BCUT2D eigenvalue weighted by molar-refractivity contribution is 0.0269. The van der Waals surface area contributed by atoms with E-state index in [-0.39, 0.29) is 17.7 Å². The number of carbonyl (C=O) groups excluding carboxylic acids is 1. The minimum Gasteiger partial charge on any atom is -0.508 e. The van der Waals surface area contributed by atoms with Gasteiger partial charge in [-0.1, -0.05) is 0 Å². The fraction of sp³-hybridized carbons (Fsp3) is 0.588. The Morgan fingerprint density at radius 1 is 1.39 bits per heavy atom. The third-order valence-corrected chi connectivity index (χ3v) is 4.42. The normalized spacial score (nSPS) is 26.1. The van der Waals surface area contributed by atoms with E-state index in [4.69, 9.17) is 4.74 Å². The van der Waals surface area contributed by atoms with Crippen LogP contribution in [0.4, 0.5) is 9.18 Å². The van der Waals surface area contributed by atoms with E-state index in [9.17, 15) is 14.3 Å². The van der Waals surface area contributed by atoms with Gasteiger partial charge in [-0.2, -0.15) is 0 Å². The van der Waals surface area contributed by atoms with Crippen molar-refractivity contribution in [1.82, 2.24) is 10.2 Å². The summed E-state index contributed by atoms with van der Waals surface area (Å²) in [7, 11) is 0. The Morgan fingerprint density at radius 3 is 2.65 bits per heavy atom. The Hall–Kier alpha value is -1.82. The molecular weight excluding hydrogens is 299 g/mol. The van der Waals surface area contributed by atoms with Crippen molar-refractivity contribution >= 4 is 6.09 Å². The van der Waals surface area contributed by atoms with E-state index < -0.39 is 5.60 Å². The topological polar surface area (TPSA) is 61.8 Å². The van der Waals surface area contributed by atoms with Gasteiger partial charge in [0.15, 0.2) is 0 Å². The molecule has 0 spiro atoms. The van der Waals surface area contributed by atoms with Crippen molar-refractivity contribution in [3.05, 3.63) is 29.6 Å². The van der Waals surface area contributed by atoms with Gasteiger partial charge < -0.3 is 20.1 Å². The number of aromatic hydroxyl groups is 1. The van der Waals surface area contributed by atoms with Gasteiger partial charge in [0.05, 0.1) is 0 Å². The van der Waals surface area contributed by atoms with Gasteiger partial charge >= 0.3 is 6.09 Å². The van der Waals surface area contributed by atoms with Crippen molar-refractivity contribution in [2.24, 2.45) is 11.8 Å². The number of hydrogen-bond acceptors (Lipinski definition) is 4. The first-order valence-electron chi connectivity index (χ1n) is 7.93. The number of rotatable bonds is 3. The molecule has 6 heteroatoms. The standard InChI is InChI=1S/C17H23FN2O3/c1-17(2,3)23-16(22)20-8-12-13(9-20)15(12)19-7-10-6-11(18)4-5-14(10)21/h4-6,12-13,15,19,21H,7-9H2,1-3H3. The summed E-state index contributed by atoms with van der Waals surface area (Å²) < 4.78 is 18.6. The maximum absolute atomic E-state index is 13.2. The molecule has 1 amide bonds. The molecule has 1 aromatic rings. The summed E-state index contributed by atoms with van der Waals surface area (Å²) in [6, 6.07) is 4.26. The van der Waals surface area contributed by atoms with E-state index in [1.54, 1.807) is 4.90 Å². The number of halogens is 1. The highest BCUT2D eigenvalue weighted by atomic mass is 19.1. The van der Waals surface area contributed by atoms with E-state index in [1.807, 2.05) is 20.8 Å². The van der Waals surface area contributed by atoms with Crippen LogP contribution in [0, 0.1) is 17.7 Å². The molecule has 0 radical (unpaired) electrons. The first-order chi connectivity index (χ1) is 10.7. The summed E-state index contributed by atoms with van der Waals surface area (Å²) in [5, 5.41) is 13.1. The first-order valence-corrected chi connectivity index (χ1v) is 7.93. The smallest absolute Gasteiger partial charge is 0.410 e. The number of ether oxygens (including phenoxy) is 1. The second-order valence-corrected chi connectivity index (χ2v) is 7.39. The third kappa shape index (κ3) is 3.58. The van der Waals surface area contributed by atoms with E-state index in [1.165, 1.54) is 18.2 Å². The lowest BCUT2D eigenvalue weighted by Crippen LogP contribution is -2.39. The van der Waals surface area contributed by atoms with Gasteiger partial charge in [0.25, 0.3) is 0 Å². The molecule has 1 aromatic carbocycles. The van der Waals surface area contributed by atoms with E-state index in [0.29, 0.717) is 43.1 Å². The van der Waals surface area contributed by atoms with Crippen LogP contribution in [0.3, 0.4) is 0 Å². The van der Waals surface area contributed by atoms with Gasteiger partial charge in [0.2, 0.25) is 0 Å². The van der Waals surface area contributed by atoms with Gasteiger partial charge in [-0.15, -0.1) is 0 Å². The highest BCUT2D eigenvalue weighted by Crippen LogP contribution is 2.46. The zero-order valence-corrected chi connectivity index (χ0v) is 13.7. The Morgan fingerprint density at radius 2 is 2.04 bits per heavy atom. The number of phenolic OH excluding ortho intramolecular Hbond substituents is 1. The van der Waals surface area contributed by atoms with Crippen LogP contribution in [0.25, 0.3) is 0 Å². The maximum atomic E-state index is 13.2. The number of hydrogen-bond donors (Lipinski definition) is 2. The van der Waals surface area contributed by atoms with E-state index in [2.05, 4.69) is 5.32 Å². The minimum absolute atomic E-state index is 0.0973. The van der Waals surface area contributed by atoms with E-state index >= 15 is 0 Å². The molecular formula is C17H23FN2O3.